The molecule has 4 heteroatoms. The number of hydrogen-bond acceptors (Lipinski definition) is 3. The largest absolute Gasteiger partial charge is 0.234 e. The first kappa shape index (κ1) is 14.2. The predicted molar refractivity (Wildman–Crippen MR) is 73.7 cm³/mol. The first-order valence-electron chi connectivity index (χ1n) is 5.56. The summed E-state index contributed by atoms with van der Waals surface area (Å²) in [4.78, 5) is 3.82. The minimum atomic E-state index is -1.66. The highest BCUT2D eigenvalue weighted by Gasteiger charge is 2.29. The second-order valence-corrected chi connectivity index (χ2v) is 3.94. The number of nitrogens with zero attached hydrogens (tertiary/aromatic N) is 2. The van der Waals surface area contributed by atoms with Gasteiger partial charge in [0.25, 0.3) is 0 Å². The Kier molecular flexibility index (Phi) is 4.91. The lowest BCUT2D eigenvalue weighted by Crippen LogP contribution is -2.17. The van der Waals surface area contributed by atoms with E-state index in [2.05, 4.69) is 22.4 Å². The fraction of sp³-hybridized carbons (Fsp3) is 0.286. The van der Waals surface area contributed by atoms with Gasteiger partial charge in [-0.05, 0) is 49.8 Å². The van der Waals surface area contributed by atoms with Crippen LogP contribution >= 0.6 is 12.2 Å². The average molecular weight is 260 g/mol. The van der Waals surface area contributed by atoms with Crippen molar-refractivity contribution in [2.75, 3.05) is 0 Å². The van der Waals surface area contributed by atoms with Gasteiger partial charge in [0, 0.05) is 5.56 Å². The van der Waals surface area contributed by atoms with E-state index in [1.54, 1.807) is 38.1 Å². The van der Waals surface area contributed by atoms with E-state index in [1.165, 1.54) is 6.08 Å². The zero-order chi connectivity index (χ0) is 13.6. The Morgan fingerprint density at radius 2 is 2.28 bits per heavy atom. The Bertz CT molecular complexity index is 553. The third-order valence-corrected chi connectivity index (χ3v) is 2.78. The van der Waals surface area contributed by atoms with Crippen molar-refractivity contribution in [1.82, 2.24) is 0 Å². The summed E-state index contributed by atoms with van der Waals surface area (Å²) in [6, 6.07) is 6.71. The van der Waals surface area contributed by atoms with Crippen LogP contribution in [-0.2, 0) is 5.67 Å². The molecule has 1 rings (SSSR count). The van der Waals surface area contributed by atoms with Gasteiger partial charge in [0.05, 0.1) is 22.5 Å². The summed E-state index contributed by atoms with van der Waals surface area (Å²) in [7, 11) is 0. The van der Waals surface area contributed by atoms with E-state index >= 15 is 0 Å². The van der Waals surface area contributed by atoms with Crippen LogP contribution in [0.1, 0.15) is 31.4 Å². The third-order valence-electron chi connectivity index (χ3n) is 2.69. The van der Waals surface area contributed by atoms with Crippen molar-refractivity contribution in [3.05, 3.63) is 41.5 Å². The van der Waals surface area contributed by atoms with Crippen LogP contribution in [0.4, 0.5) is 10.1 Å². The molecule has 1 unspecified atom stereocenters. The van der Waals surface area contributed by atoms with Gasteiger partial charge in [0.1, 0.15) is 0 Å². The monoisotopic (exact) mass is 260 g/mol. The number of benzene rings is 1. The summed E-state index contributed by atoms with van der Waals surface area (Å²) in [5.74, 6) is 0. The minimum absolute atomic E-state index is 0.247. The molecule has 92 valence electrons. The van der Waals surface area contributed by atoms with Gasteiger partial charge in [0.15, 0.2) is 5.67 Å². The van der Waals surface area contributed by atoms with E-state index in [0.29, 0.717) is 16.8 Å². The molecule has 1 aromatic rings. The summed E-state index contributed by atoms with van der Waals surface area (Å²) >= 11 is 4.52. The maximum Gasteiger partial charge on any atom is 0.155 e. The zero-order valence-corrected chi connectivity index (χ0v) is 11.1. The highest BCUT2D eigenvalue weighted by molar-refractivity contribution is 7.78. The van der Waals surface area contributed by atoms with E-state index in [0.717, 1.165) is 0 Å². The van der Waals surface area contributed by atoms with Crippen LogP contribution in [-0.4, -0.2) is 5.16 Å². The molecule has 0 radical (unpaired) electrons. The second kappa shape index (κ2) is 6.20. The molecule has 1 atom stereocenters. The molecule has 0 spiro atoms. The van der Waals surface area contributed by atoms with E-state index in [-0.39, 0.29) is 6.42 Å². The molecular formula is C14H13FN2S. The maximum absolute atomic E-state index is 14.8. The van der Waals surface area contributed by atoms with E-state index < -0.39 is 5.67 Å². The molecule has 0 aliphatic rings. The number of hydrogen-bond donors (Lipinski definition) is 0. The predicted octanol–water partition coefficient (Wildman–Crippen LogP) is 4.44. The Labute approximate surface area is 111 Å². The van der Waals surface area contributed by atoms with Crippen LogP contribution in [0, 0.1) is 11.3 Å². The van der Waals surface area contributed by atoms with Gasteiger partial charge in [-0.2, -0.15) is 10.3 Å². The van der Waals surface area contributed by atoms with Crippen LogP contribution in [0.15, 0.2) is 35.3 Å². The van der Waals surface area contributed by atoms with Crippen molar-refractivity contribution < 1.29 is 4.39 Å². The van der Waals surface area contributed by atoms with Crippen LogP contribution < -0.4 is 0 Å². The van der Waals surface area contributed by atoms with Gasteiger partial charge in [0.2, 0.25) is 0 Å². The van der Waals surface area contributed by atoms with Crippen LogP contribution in [0.3, 0.4) is 0 Å². The molecule has 0 amide bonds. The molecule has 0 saturated carbocycles. The fourth-order valence-corrected chi connectivity index (χ4v) is 1.86. The van der Waals surface area contributed by atoms with Gasteiger partial charge in [-0.25, -0.2) is 4.39 Å². The second-order valence-electron chi connectivity index (χ2n) is 3.76. The Morgan fingerprint density at radius 1 is 1.56 bits per heavy atom. The van der Waals surface area contributed by atoms with Gasteiger partial charge < -0.3 is 0 Å². The number of halogens is 1. The molecule has 2 nitrogen and oxygen atoms in total. The molecule has 0 aliphatic carbocycles. The van der Waals surface area contributed by atoms with Crippen LogP contribution in [0.5, 0.6) is 0 Å². The summed E-state index contributed by atoms with van der Waals surface area (Å²) in [6.07, 6.45) is 3.34. The average Bonchev–Trinajstić information content (AvgIpc) is 2.39. The van der Waals surface area contributed by atoms with E-state index in [1.807, 2.05) is 6.07 Å². The number of aliphatic imine (C=N–C) groups is 1. The molecule has 0 saturated heterocycles. The molecule has 0 N–H and O–H groups in total. The van der Waals surface area contributed by atoms with Crippen molar-refractivity contribution >= 4 is 23.1 Å². The Hall–Kier alpha value is -1.82. The lowest BCUT2D eigenvalue weighted by Gasteiger charge is -2.21. The third kappa shape index (κ3) is 2.89. The fourth-order valence-electron chi connectivity index (χ4n) is 1.76. The number of thiocarbonyl (C=S) groups is 1. The summed E-state index contributed by atoms with van der Waals surface area (Å²) < 4.78 is 14.8. The number of alkyl halides is 1. The molecular weight excluding hydrogens is 247 g/mol. The maximum atomic E-state index is 14.8. The van der Waals surface area contributed by atoms with Gasteiger partial charge in [-0.1, -0.05) is 13.0 Å². The first-order chi connectivity index (χ1) is 8.61. The van der Waals surface area contributed by atoms with Crippen LogP contribution in [0.2, 0.25) is 0 Å². The van der Waals surface area contributed by atoms with Crippen molar-refractivity contribution in [3.63, 3.8) is 0 Å². The van der Waals surface area contributed by atoms with Gasteiger partial charge >= 0.3 is 0 Å². The normalized spacial score (nSPS) is 13.7. The van der Waals surface area contributed by atoms with Gasteiger partial charge in [-0.15, -0.1) is 0 Å². The highest BCUT2D eigenvalue weighted by Crippen LogP contribution is 2.35. The number of nitriles is 1. The van der Waals surface area contributed by atoms with E-state index in [4.69, 9.17) is 5.26 Å². The van der Waals surface area contributed by atoms with Crippen molar-refractivity contribution in [2.24, 2.45) is 4.99 Å². The van der Waals surface area contributed by atoms with Crippen molar-refractivity contribution in [1.29, 1.82) is 5.26 Å². The topological polar surface area (TPSA) is 36.1 Å². The van der Waals surface area contributed by atoms with Gasteiger partial charge in [-0.3, -0.25) is 0 Å². The molecule has 1 aromatic carbocycles. The molecule has 0 heterocycles. The summed E-state index contributed by atoms with van der Waals surface area (Å²) in [5, 5.41) is 11.3. The molecule has 0 bridgehead atoms. The summed E-state index contributed by atoms with van der Waals surface area (Å²) in [6.45, 7) is 3.48. The quantitative estimate of drug-likeness (QED) is 0.455. The van der Waals surface area contributed by atoms with Crippen molar-refractivity contribution in [3.8, 4) is 6.07 Å². The summed E-state index contributed by atoms with van der Waals surface area (Å²) in [5.41, 5.74) is -0.538. The highest BCUT2D eigenvalue weighted by atomic mass is 32.1. The number of isothiocyanates is 1. The smallest absolute Gasteiger partial charge is 0.155 e. The molecule has 0 aliphatic heterocycles. The molecule has 0 aromatic heterocycles. The lowest BCUT2D eigenvalue weighted by atomic mass is 9.88. The van der Waals surface area contributed by atoms with E-state index in [9.17, 15) is 4.39 Å². The molecule has 0 fully saturated rings. The first-order valence-corrected chi connectivity index (χ1v) is 5.97. The zero-order valence-electron chi connectivity index (χ0n) is 10.3. The lowest BCUT2D eigenvalue weighted by molar-refractivity contribution is 0.225. The van der Waals surface area contributed by atoms with Crippen LogP contribution in [0.25, 0.3) is 0 Å². The standard InChI is InChI=1S/C14H13FN2S/c1-3-7-14(15,4-2)13-8-12(17-10-18)6-5-11(13)9-16/h3,5-8H,4H2,1-2H3/b7-3+. The number of rotatable bonds is 4. The Morgan fingerprint density at radius 3 is 2.78 bits per heavy atom. The van der Waals surface area contributed by atoms with Crippen molar-refractivity contribution in [2.45, 2.75) is 25.9 Å². The SMILES string of the molecule is C/C=C/C(F)(CC)c1cc(N=C=S)ccc1C#N. The molecule has 18 heavy (non-hydrogen) atoms. The number of allylic oxidation sites excluding steroid dienone is 2. The minimum Gasteiger partial charge on any atom is -0.234 e. The Balaban J connectivity index is 3.49.